The van der Waals surface area contributed by atoms with Gasteiger partial charge in [-0.05, 0) is 61.4 Å². The number of rotatable bonds is 8. The highest BCUT2D eigenvalue weighted by atomic mass is 16.7. The van der Waals surface area contributed by atoms with Crippen LogP contribution in [0.15, 0.2) is 67.0 Å². The molecule has 8 atom stereocenters. The molecular weight excluding hydrogens is 632 g/mol. The standard InChI is InChI=1S/2C17H20O7/c1-9-6-14(18)24-12-5-4-10(7-11(9)12)23-16-13(20-2)8-22-17(21-3)15(16)19;1-9-6-14(18)24-12-5-4-10(7-11(9)12)23-16-15(19)13(20-2)8-22-17(16)21-3/h2*4-7,13,15-17,19H,8H2,1-3H3/t13-,15?,16-,17-;13-,15-,16?,17-/m11/s1. The Kier molecular flexibility index (Phi) is 11.5. The van der Waals surface area contributed by atoms with E-state index >= 15 is 0 Å². The Hall–Kier alpha value is -3.86. The minimum Gasteiger partial charge on any atom is -0.485 e. The number of aliphatic hydroxyl groups excluding tert-OH is 2. The molecule has 2 saturated heterocycles. The van der Waals surface area contributed by atoms with Gasteiger partial charge in [-0.15, -0.1) is 0 Å². The number of aliphatic hydroxyl groups is 2. The van der Waals surface area contributed by atoms with Crippen molar-refractivity contribution in [3.63, 3.8) is 0 Å². The highest BCUT2D eigenvalue weighted by Crippen LogP contribution is 2.29. The van der Waals surface area contributed by atoms with Crippen LogP contribution in [-0.2, 0) is 28.4 Å². The molecule has 2 fully saturated rings. The summed E-state index contributed by atoms with van der Waals surface area (Å²) in [6, 6.07) is 13.0. The summed E-state index contributed by atoms with van der Waals surface area (Å²) in [5.41, 5.74) is 1.74. The van der Waals surface area contributed by atoms with Crippen molar-refractivity contribution in [2.75, 3.05) is 41.7 Å². The van der Waals surface area contributed by atoms with Crippen LogP contribution in [-0.4, -0.2) is 101 Å². The average Bonchev–Trinajstić information content (AvgIpc) is 3.07. The lowest BCUT2D eigenvalue weighted by atomic mass is 10.0. The van der Waals surface area contributed by atoms with Crippen LogP contribution < -0.4 is 20.7 Å². The third kappa shape index (κ3) is 7.72. The summed E-state index contributed by atoms with van der Waals surface area (Å²) in [6.45, 7) is 4.11. The quantitative estimate of drug-likeness (QED) is 0.261. The maximum Gasteiger partial charge on any atom is 0.336 e. The molecule has 260 valence electrons. The van der Waals surface area contributed by atoms with Gasteiger partial charge in [-0.25, -0.2) is 9.59 Å². The first kappa shape index (κ1) is 35.4. The van der Waals surface area contributed by atoms with Crippen molar-refractivity contribution in [1.82, 2.24) is 0 Å². The van der Waals surface area contributed by atoms with Crippen LogP contribution in [0.5, 0.6) is 11.5 Å². The minimum absolute atomic E-state index is 0.220. The molecule has 48 heavy (non-hydrogen) atoms. The van der Waals surface area contributed by atoms with Crippen molar-refractivity contribution in [2.45, 2.75) is 63.1 Å². The fourth-order valence-electron chi connectivity index (χ4n) is 5.66. The molecule has 0 spiro atoms. The van der Waals surface area contributed by atoms with Crippen LogP contribution in [0.2, 0.25) is 0 Å². The second-order valence-corrected chi connectivity index (χ2v) is 11.4. The second-order valence-electron chi connectivity index (χ2n) is 11.4. The summed E-state index contributed by atoms with van der Waals surface area (Å²) in [5, 5.41) is 22.3. The first-order valence-electron chi connectivity index (χ1n) is 15.2. The van der Waals surface area contributed by atoms with Gasteiger partial charge in [0.2, 0.25) is 0 Å². The van der Waals surface area contributed by atoms with Crippen LogP contribution in [0.4, 0.5) is 0 Å². The van der Waals surface area contributed by atoms with E-state index in [-0.39, 0.29) is 13.2 Å². The zero-order valence-electron chi connectivity index (χ0n) is 27.4. The predicted molar refractivity (Wildman–Crippen MR) is 170 cm³/mol. The van der Waals surface area contributed by atoms with Gasteiger partial charge in [0.25, 0.3) is 0 Å². The van der Waals surface area contributed by atoms with Crippen molar-refractivity contribution in [1.29, 1.82) is 0 Å². The molecule has 14 nitrogen and oxygen atoms in total. The zero-order chi connectivity index (χ0) is 34.5. The highest BCUT2D eigenvalue weighted by molar-refractivity contribution is 5.82. The lowest BCUT2D eigenvalue weighted by molar-refractivity contribution is -0.260. The Labute approximate surface area is 275 Å². The molecule has 2 aromatic heterocycles. The van der Waals surface area contributed by atoms with Gasteiger partial charge in [0.05, 0.1) is 13.2 Å². The molecular formula is C34H40O14. The molecule has 4 heterocycles. The Morgan fingerprint density at radius 2 is 1.08 bits per heavy atom. The molecule has 14 heteroatoms. The van der Waals surface area contributed by atoms with E-state index < -0.39 is 60.5 Å². The Balaban J connectivity index is 0.000000188. The van der Waals surface area contributed by atoms with Gasteiger partial charge in [-0.1, -0.05) is 0 Å². The summed E-state index contributed by atoms with van der Waals surface area (Å²) in [5.74, 6) is 1.04. The largest absolute Gasteiger partial charge is 0.485 e. The van der Waals surface area contributed by atoms with E-state index in [1.165, 1.54) is 40.6 Å². The van der Waals surface area contributed by atoms with Crippen LogP contribution in [0.1, 0.15) is 11.1 Å². The van der Waals surface area contributed by atoms with Gasteiger partial charge < -0.3 is 56.9 Å². The van der Waals surface area contributed by atoms with Crippen molar-refractivity contribution in [3.8, 4) is 11.5 Å². The number of fused-ring (bicyclic) bond motifs is 2. The molecule has 0 bridgehead atoms. The number of benzene rings is 2. The van der Waals surface area contributed by atoms with E-state index in [4.69, 9.17) is 46.7 Å². The van der Waals surface area contributed by atoms with Crippen LogP contribution in [0, 0.1) is 13.8 Å². The van der Waals surface area contributed by atoms with Crippen molar-refractivity contribution in [2.24, 2.45) is 0 Å². The lowest BCUT2D eigenvalue weighted by Crippen LogP contribution is -2.56. The first-order valence-corrected chi connectivity index (χ1v) is 15.2. The van der Waals surface area contributed by atoms with E-state index in [9.17, 15) is 19.8 Å². The monoisotopic (exact) mass is 672 g/mol. The van der Waals surface area contributed by atoms with Crippen LogP contribution in [0.25, 0.3) is 21.9 Å². The number of aryl methyl sites for hydroxylation is 2. The van der Waals surface area contributed by atoms with E-state index in [2.05, 4.69) is 0 Å². The smallest absolute Gasteiger partial charge is 0.336 e. The Morgan fingerprint density at radius 3 is 1.58 bits per heavy atom. The highest BCUT2D eigenvalue weighted by Gasteiger charge is 2.43. The maximum absolute atomic E-state index is 11.4. The van der Waals surface area contributed by atoms with E-state index in [0.29, 0.717) is 22.7 Å². The predicted octanol–water partition coefficient (Wildman–Crippen LogP) is 2.45. The van der Waals surface area contributed by atoms with Gasteiger partial charge >= 0.3 is 11.3 Å². The minimum atomic E-state index is -1.00. The summed E-state index contributed by atoms with van der Waals surface area (Å²) in [4.78, 5) is 22.8. The Bertz CT molecular complexity index is 1670. The number of hydrogen-bond donors (Lipinski definition) is 2. The average molecular weight is 673 g/mol. The molecule has 2 unspecified atom stereocenters. The molecule has 4 aromatic rings. The van der Waals surface area contributed by atoms with Crippen molar-refractivity contribution in [3.05, 3.63) is 80.5 Å². The maximum atomic E-state index is 11.4. The molecule has 2 aliphatic rings. The summed E-state index contributed by atoms with van der Waals surface area (Å²) in [6.07, 6.45) is -5.72. The summed E-state index contributed by atoms with van der Waals surface area (Å²) in [7, 11) is 5.98. The molecule has 2 aromatic carbocycles. The molecule has 6 rings (SSSR count). The fraction of sp³-hybridized carbons (Fsp3) is 0.471. The zero-order valence-corrected chi connectivity index (χ0v) is 27.4. The molecule has 0 saturated carbocycles. The topological polar surface area (TPSA) is 175 Å². The van der Waals surface area contributed by atoms with Gasteiger partial charge in [0.1, 0.15) is 47.1 Å². The van der Waals surface area contributed by atoms with Gasteiger partial charge in [-0.2, -0.15) is 0 Å². The Morgan fingerprint density at radius 1 is 0.604 bits per heavy atom. The van der Waals surface area contributed by atoms with Gasteiger partial charge in [-0.3, -0.25) is 0 Å². The molecule has 0 amide bonds. The van der Waals surface area contributed by atoms with Crippen LogP contribution >= 0.6 is 0 Å². The van der Waals surface area contributed by atoms with E-state index in [0.717, 1.165) is 21.9 Å². The number of ether oxygens (including phenoxy) is 8. The SMILES string of the molecule is CO[C@@H]1OC[C@@H](OC)[C@@H](O)C1Oc1ccc2oc(=O)cc(C)c2c1.CO[C@@H]1OC[C@@H](OC)[C@@H](Oc2ccc3oc(=O)cc(C)c3c2)C1O. The summed E-state index contributed by atoms with van der Waals surface area (Å²) >= 11 is 0. The molecule has 0 aliphatic carbocycles. The van der Waals surface area contributed by atoms with Crippen molar-refractivity contribution >= 4 is 21.9 Å². The normalized spacial score (nSPS) is 27.3. The fourth-order valence-corrected chi connectivity index (χ4v) is 5.66. The molecule has 2 N–H and O–H groups in total. The third-order valence-electron chi connectivity index (χ3n) is 8.27. The molecule has 0 radical (unpaired) electrons. The van der Waals surface area contributed by atoms with Crippen molar-refractivity contribution < 1.29 is 56.9 Å². The van der Waals surface area contributed by atoms with Gasteiger partial charge in [0.15, 0.2) is 24.8 Å². The van der Waals surface area contributed by atoms with Crippen LogP contribution in [0.3, 0.4) is 0 Å². The second kappa shape index (κ2) is 15.6. The van der Waals surface area contributed by atoms with Gasteiger partial charge in [0, 0.05) is 51.3 Å². The van der Waals surface area contributed by atoms with E-state index in [1.54, 1.807) is 36.4 Å². The third-order valence-corrected chi connectivity index (χ3v) is 8.27. The van der Waals surface area contributed by atoms with E-state index in [1.807, 2.05) is 13.8 Å². The first-order chi connectivity index (χ1) is 23.1. The summed E-state index contributed by atoms with van der Waals surface area (Å²) < 4.78 is 54.0. The number of hydrogen-bond acceptors (Lipinski definition) is 14. The lowest BCUT2D eigenvalue weighted by Gasteiger charge is -2.38. The number of methoxy groups -OCH3 is 4. The molecule has 2 aliphatic heterocycles.